The fourth-order valence-electron chi connectivity index (χ4n) is 13.7. The Kier molecular flexibility index (Phi) is 7.80. The van der Waals surface area contributed by atoms with E-state index in [0.717, 1.165) is 144 Å². The lowest BCUT2D eigenvalue weighted by molar-refractivity contribution is 0.669. The molecule has 0 N–H and O–H groups in total. The highest BCUT2D eigenvalue weighted by Crippen LogP contribution is 2.68. The SMILES string of the molecule is S=P12c3c4cccc3N(c3ccc5oc6cc7ccccc7cc6c5c3)c3cc5ccccc5c(c31)N(c1ccc3oc5cc6ccccc6cc5c3c1)c1cccc(c12)N4c1ccc2oc3cc4ccccc4cc3c2c1. The molecule has 0 amide bonds. The monoisotopic (exact) mass is 1030 g/mol. The summed E-state index contributed by atoms with van der Waals surface area (Å²) in [4.78, 5) is 7.50. The number of anilines is 9. The first-order valence-corrected chi connectivity index (χ1v) is 29.2. The summed E-state index contributed by atoms with van der Waals surface area (Å²) in [6, 6.07) is 81.0. The topological polar surface area (TPSA) is 49.1 Å². The molecule has 6 heterocycles. The van der Waals surface area contributed by atoms with Gasteiger partial charge in [0.05, 0.1) is 40.2 Å². The van der Waals surface area contributed by atoms with Crippen LogP contribution in [0.4, 0.5) is 51.2 Å². The second-order valence-electron chi connectivity index (χ2n) is 21.2. The van der Waals surface area contributed by atoms with Crippen LogP contribution in [0.1, 0.15) is 0 Å². The number of hydrogen-bond donors (Lipinski definition) is 0. The molecule has 3 aromatic heterocycles. The lowest BCUT2D eigenvalue weighted by Crippen LogP contribution is -2.47. The molecule has 362 valence electrons. The average Bonchev–Trinajstić information content (AvgIpc) is 2.05. The minimum Gasteiger partial charge on any atom is -0.456 e. The summed E-state index contributed by atoms with van der Waals surface area (Å²) in [5, 5.41) is 19.3. The van der Waals surface area contributed by atoms with Gasteiger partial charge >= 0.3 is 0 Å². The molecule has 6 nitrogen and oxygen atoms in total. The zero-order chi connectivity index (χ0) is 50.7. The molecular formula is C70H38N3O3PS. The van der Waals surface area contributed by atoms with Crippen LogP contribution in [0.25, 0.3) is 109 Å². The van der Waals surface area contributed by atoms with E-state index in [0.29, 0.717) is 0 Å². The van der Waals surface area contributed by atoms with Crippen LogP contribution in [-0.4, -0.2) is 0 Å². The molecule has 0 radical (unpaired) electrons. The standard InChI is InChI=1S/C70H38N3O3PS/c78-77-68-56-19-9-21-58(68)72(47-24-27-62-54(37-47)51-30-40-12-2-5-15-43(40)34-65(51)75-62)60-32-45-17-7-8-18-49(45)67(70(60)77)73(48-25-28-63-55(38-48)52-31-41-13-3-6-16-44(41)35-66(52)76-63)59-22-10-20-57(69(59)77)71(56)46-23-26-61-53(36-46)50-29-39-11-1-4-14-42(39)33-64(50)74-61/h1-38H. The Labute approximate surface area is 449 Å². The zero-order valence-corrected chi connectivity index (χ0v) is 43.1. The van der Waals surface area contributed by atoms with E-state index in [4.69, 9.17) is 25.1 Å². The van der Waals surface area contributed by atoms with Gasteiger partial charge in [-0.15, -0.1) is 0 Å². The third-order valence-corrected chi connectivity index (χ3v) is 22.0. The summed E-state index contributed by atoms with van der Waals surface area (Å²) in [6.07, 6.45) is 0. The van der Waals surface area contributed by atoms with Crippen LogP contribution in [0.15, 0.2) is 244 Å². The molecule has 0 spiro atoms. The molecule has 3 aliphatic rings. The van der Waals surface area contributed by atoms with Crippen molar-refractivity contribution < 1.29 is 13.3 Å². The molecule has 8 heteroatoms. The third-order valence-electron chi connectivity index (χ3n) is 17.1. The summed E-state index contributed by atoms with van der Waals surface area (Å²) in [5.74, 6) is 0. The van der Waals surface area contributed by atoms with Gasteiger partial charge in [0.2, 0.25) is 0 Å². The molecule has 16 aromatic rings. The Bertz CT molecular complexity index is 5470. The van der Waals surface area contributed by atoms with E-state index in [-0.39, 0.29) is 0 Å². The number of hydrogen-bond acceptors (Lipinski definition) is 7. The summed E-state index contributed by atoms with van der Waals surface area (Å²) < 4.78 is 20.0. The van der Waals surface area contributed by atoms with Gasteiger partial charge < -0.3 is 28.0 Å². The molecule has 1 unspecified atom stereocenters. The molecule has 0 saturated heterocycles. The van der Waals surface area contributed by atoms with Crippen LogP contribution < -0.4 is 30.6 Å². The maximum atomic E-state index is 7.76. The fraction of sp³-hybridized carbons (Fsp3) is 0. The lowest BCUT2D eigenvalue weighted by atomic mass is 10.0. The molecule has 0 bridgehead atoms. The smallest absolute Gasteiger partial charge is 0.136 e. The van der Waals surface area contributed by atoms with Crippen molar-refractivity contribution in [3.63, 3.8) is 0 Å². The molecule has 13 aromatic carbocycles. The van der Waals surface area contributed by atoms with E-state index in [1.165, 1.54) is 32.1 Å². The van der Waals surface area contributed by atoms with Crippen molar-refractivity contribution in [3.8, 4) is 0 Å². The summed E-state index contributed by atoms with van der Waals surface area (Å²) in [7, 11) is 0. The normalized spacial score (nSPS) is 15.5. The Morgan fingerprint density at radius 3 is 1.04 bits per heavy atom. The van der Waals surface area contributed by atoms with E-state index in [1.54, 1.807) is 0 Å². The van der Waals surface area contributed by atoms with Gasteiger partial charge in [-0.25, -0.2) is 0 Å². The van der Waals surface area contributed by atoms with Crippen molar-refractivity contribution in [2.75, 3.05) is 14.7 Å². The van der Waals surface area contributed by atoms with E-state index < -0.39 is 6.04 Å². The summed E-state index contributed by atoms with van der Waals surface area (Å²) in [6.45, 7) is 0. The quantitative estimate of drug-likeness (QED) is 0.163. The lowest BCUT2D eigenvalue weighted by Gasteiger charge is -2.52. The van der Waals surface area contributed by atoms with Crippen molar-refractivity contribution in [2.45, 2.75) is 0 Å². The largest absolute Gasteiger partial charge is 0.456 e. The Morgan fingerprint density at radius 2 is 0.603 bits per heavy atom. The molecule has 1 atom stereocenters. The maximum Gasteiger partial charge on any atom is 0.136 e. The van der Waals surface area contributed by atoms with Crippen LogP contribution >= 0.6 is 6.04 Å². The van der Waals surface area contributed by atoms with Crippen LogP contribution in [0, 0.1) is 0 Å². The van der Waals surface area contributed by atoms with Crippen molar-refractivity contribution in [3.05, 3.63) is 231 Å². The van der Waals surface area contributed by atoms with Gasteiger partial charge in [-0.1, -0.05) is 121 Å². The first-order valence-electron chi connectivity index (χ1n) is 26.4. The summed E-state index contributed by atoms with van der Waals surface area (Å²) >= 11 is 7.76. The van der Waals surface area contributed by atoms with Gasteiger partial charge in [0, 0.05) is 70.7 Å². The molecule has 0 fully saturated rings. The Hall–Kier alpha value is -9.65. The number of furan rings is 3. The predicted molar refractivity (Wildman–Crippen MR) is 329 cm³/mol. The minimum atomic E-state index is -2.92. The molecule has 0 aliphatic carbocycles. The number of nitrogens with zero attached hydrogens (tertiary/aromatic N) is 3. The highest BCUT2D eigenvalue weighted by atomic mass is 32.4. The van der Waals surface area contributed by atoms with Crippen molar-refractivity contribution in [1.29, 1.82) is 0 Å². The second-order valence-corrected chi connectivity index (χ2v) is 25.4. The second kappa shape index (κ2) is 14.6. The minimum absolute atomic E-state index is 0.850. The molecule has 78 heavy (non-hydrogen) atoms. The highest BCUT2D eigenvalue weighted by Gasteiger charge is 2.52. The summed E-state index contributed by atoms with van der Waals surface area (Å²) in [5.41, 5.74) is 14.8. The van der Waals surface area contributed by atoms with Crippen molar-refractivity contribution in [2.24, 2.45) is 0 Å². The number of rotatable bonds is 3. The Morgan fingerprint density at radius 1 is 0.256 bits per heavy atom. The first-order chi connectivity index (χ1) is 38.5. The molecule has 19 rings (SSSR count). The highest BCUT2D eigenvalue weighted by molar-refractivity contribution is 8.26. The van der Waals surface area contributed by atoms with E-state index in [2.05, 4.69) is 245 Å². The van der Waals surface area contributed by atoms with Crippen LogP contribution in [0.3, 0.4) is 0 Å². The van der Waals surface area contributed by atoms with Crippen LogP contribution in [-0.2, 0) is 11.8 Å². The van der Waals surface area contributed by atoms with Crippen molar-refractivity contribution >= 4 is 194 Å². The van der Waals surface area contributed by atoms with Crippen LogP contribution in [0.5, 0.6) is 0 Å². The van der Waals surface area contributed by atoms with Gasteiger partial charge in [0.15, 0.2) is 0 Å². The zero-order valence-electron chi connectivity index (χ0n) is 41.4. The molecule has 3 aliphatic heterocycles. The van der Waals surface area contributed by atoms with E-state index in [1.807, 2.05) is 0 Å². The van der Waals surface area contributed by atoms with Gasteiger partial charge in [0.25, 0.3) is 0 Å². The van der Waals surface area contributed by atoms with Gasteiger partial charge in [-0.05, 0) is 159 Å². The third kappa shape index (κ3) is 5.29. The molecular weight excluding hydrogens is 994 g/mol. The molecule has 0 saturated carbocycles. The predicted octanol–water partition coefficient (Wildman–Crippen LogP) is 19.1. The van der Waals surface area contributed by atoms with Crippen LogP contribution in [0.2, 0.25) is 0 Å². The van der Waals surface area contributed by atoms with Gasteiger partial charge in [-0.3, -0.25) is 0 Å². The van der Waals surface area contributed by atoms with E-state index >= 15 is 0 Å². The average molecular weight is 1030 g/mol. The number of fused-ring (bicyclic) bond motifs is 14. The Balaban J connectivity index is 0.928. The van der Waals surface area contributed by atoms with Gasteiger partial charge in [-0.2, -0.15) is 0 Å². The van der Waals surface area contributed by atoms with Gasteiger partial charge in [0.1, 0.15) is 33.5 Å². The fourth-order valence-corrected chi connectivity index (χ4v) is 19.1. The maximum absolute atomic E-state index is 7.76. The van der Waals surface area contributed by atoms with E-state index in [9.17, 15) is 0 Å². The number of benzene rings is 13. The first kappa shape index (κ1) is 41.6. The van der Waals surface area contributed by atoms with Crippen molar-refractivity contribution in [1.82, 2.24) is 0 Å².